The van der Waals surface area contributed by atoms with Gasteiger partial charge >= 0.3 is 0 Å². The van der Waals surface area contributed by atoms with E-state index >= 15 is 0 Å². The lowest BCUT2D eigenvalue weighted by molar-refractivity contribution is 0.433. The largest absolute Gasteiger partial charge is 0.454 e. The molecular formula is C15H14ClF2NO. The zero-order valence-electron chi connectivity index (χ0n) is 11.1. The summed E-state index contributed by atoms with van der Waals surface area (Å²) in [6.07, 6.45) is 0. The second-order valence-corrected chi connectivity index (χ2v) is 4.99. The average Bonchev–Trinajstić information content (AvgIpc) is 2.38. The van der Waals surface area contributed by atoms with Crippen LogP contribution in [-0.4, -0.2) is 0 Å². The third kappa shape index (κ3) is 2.92. The molecule has 0 radical (unpaired) electrons. The van der Waals surface area contributed by atoms with Crippen LogP contribution in [0.3, 0.4) is 0 Å². The van der Waals surface area contributed by atoms with Crippen LogP contribution in [0.1, 0.15) is 24.1 Å². The highest BCUT2D eigenvalue weighted by atomic mass is 35.5. The number of hydrogen-bond acceptors (Lipinski definition) is 2. The second-order valence-electron chi connectivity index (χ2n) is 4.58. The van der Waals surface area contributed by atoms with Crippen LogP contribution in [0, 0.1) is 18.6 Å². The molecule has 0 aliphatic rings. The maximum Gasteiger partial charge on any atom is 0.184 e. The highest BCUT2D eigenvalue weighted by Crippen LogP contribution is 2.34. The molecule has 0 fully saturated rings. The zero-order valence-corrected chi connectivity index (χ0v) is 11.8. The summed E-state index contributed by atoms with van der Waals surface area (Å²) in [5.41, 5.74) is 6.65. The van der Waals surface area contributed by atoms with Gasteiger partial charge < -0.3 is 10.5 Å². The molecule has 2 N–H and O–H groups in total. The zero-order chi connectivity index (χ0) is 14.9. The molecule has 0 saturated carbocycles. The van der Waals surface area contributed by atoms with E-state index in [1.807, 2.05) is 0 Å². The highest BCUT2D eigenvalue weighted by molar-refractivity contribution is 6.30. The van der Waals surface area contributed by atoms with Gasteiger partial charge in [-0.15, -0.1) is 0 Å². The Kier molecular flexibility index (Phi) is 4.26. The van der Waals surface area contributed by atoms with Crippen LogP contribution in [0.2, 0.25) is 5.02 Å². The molecule has 0 amide bonds. The summed E-state index contributed by atoms with van der Waals surface area (Å²) >= 11 is 5.70. The van der Waals surface area contributed by atoms with Crippen molar-refractivity contribution in [2.24, 2.45) is 5.73 Å². The van der Waals surface area contributed by atoms with Crippen LogP contribution in [0.4, 0.5) is 8.78 Å². The highest BCUT2D eigenvalue weighted by Gasteiger charge is 2.15. The fraction of sp³-hybridized carbons (Fsp3) is 0.200. The van der Waals surface area contributed by atoms with Gasteiger partial charge in [0.1, 0.15) is 11.6 Å². The van der Waals surface area contributed by atoms with Crippen molar-refractivity contribution in [1.29, 1.82) is 0 Å². The summed E-state index contributed by atoms with van der Waals surface area (Å²) in [4.78, 5) is 0. The van der Waals surface area contributed by atoms with Gasteiger partial charge in [-0.2, -0.15) is 0 Å². The van der Waals surface area contributed by atoms with Gasteiger partial charge in [-0.3, -0.25) is 0 Å². The van der Waals surface area contributed by atoms with Gasteiger partial charge in [-0.1, -0.05) is 17.7 Å². The van der Waals surface area contributed by atoms with Crippen LogP contribution >= 0.6 is 11.6 Å². The first-order valence-corrected chi connectivity index (χ1v) is 6.45. The van der Waals surface area contributed by atoms with E-state index < -0.39 is 11.9 Å². The minimum absolute atomic E-state index is 0.0228. The van der Waals surface area contributed by atoms with Gasteiger partial charge in [0.2, 0.25) is 0 Å². The normalized spacial score (nSPS) is 12.3. The summed E-state index contributed by atoms with van der Waals surface area (Å²) < 4.78 is 32.9. The number of ether oxygens (including phenoxy) is 1. The second kappa shape index (κ2) is 5.77. The third-order valence-electron chi connectivity index (χ3n) is 2.92. The number of aryl methyl sites for hydroxylation is 1. The lowest BCUT2D eigenvalue weighted by Crippen LogP contribution is -2.08. The predicted molar refractivity (Wildman–Crippen MR) is 75.2 cm³/mol. The minimum Gasteiger partial charge on any atom is -0.454 e. The number of nitrogens with two attached hydrogens (primary N) is 1. The summed E-state index contributed by atoms with van der Waals surface area (Å²) in [5, 5.41) is -0.0383. The Labute approximate surface area is 121 Å². The topological polar surface area (TPSA) is 35.2 Å². The molecule has 0 heterocycles. The SMILES string of the molecule is Cc1cc(Oc2cccc(Cl)c2F)c([C@@H](C)N)cc1F. The Balaban J connectivity index is 2.47. The van der Waals surface area contributed by atoms with Gasteiger partial charge in [0.05, 0.1) is 5.02 Å². The van der Waals surface area contributed by atoms with Crippen molar-refractivity contribution in [1.82, 2.24) is 0 Å². The monoisotopic (exact) mass is 297 g/mol. The molecule has 20 heavy (non-hydrogen) atoms. The van der Waals surface area contributed by atoms with Crippen LogP contribution in [-0.2, 0) is 0 Å². The van der Waals surface area contributed by atoms with Crippen molar-refractivity contribution >= 4 is 11.6 Å². The van der Waals surface area contributed by atoms with E-state index in [9.17, 15) is 8.78 Å². The lowest BCUT2D eigenvalue weighted by atomic mass is 10.1. The first-order valence-electron chi connectivity index (χ1n) is 6.07. The van der Waals surface area contributed by atoms with Gasteiger partial charge in [0.15, 0.2) is 11.6 Å². The van der Waals surface area contributed by atoms with Gasteiger partial charge in [-0.05, 0) is 43.7 Å². The molecule has 2 nitrogen and oxygen atoms in total. The van der Waals surface area contributed by atoms with Crippen molar-refractivity contribution in [3.63, 3.8) is 0 Å². The number of rotatable bonds is 3. The van der Waals surface area contributed by atoms with E-state index in [0.717, 1.165) is 0 Å². The van der Waals surface area contributed by atoms with Crippen molar-refractivity contribution < 1.29 is 13.5 Å². The maximum atomic E-state index is 13.8. The molecule has 2 rings (SSSR count). The lowest BCUT2D eigenvalue weighted by Gasteiger charge is -2.15. The van der Waals surface area contributed by atoms with Crippen molar-refractivity contribution in [3.05, 3.63) is 58.1 Å². The fourth-order valence-corrected chi connectivity index (χ4v) is 1.96. The number of halogens is 3. The van der Waals surface area contributed by atoms with Crippen LogP contribution in [0.25, 0.3) is 0 Å². The molecule has 2 aromatic rings. The quantitative estimate of drug-likeness (QED) is 0.888. The average molecular weight is 298 g/mol. The standard InChI is InChI=1S/C15H14ClF2NO/c1-8-6-14(10(9(2)19)7-12(8)17)20-13-5-3-4-11(16)15(13)18/h3-7,9H,19H2,1-2H3/t9-/m1/s1. The number of benzene rings is 2. The van der Waals surface area contributed by atoms with Crippen LogP contribution in [0.15, 0.2) is 30.3 Å². The summed E-state index contributed by atoms with van der Waals surface area (Å²) in [6.45, 7) is 3.30. The predicted octanol–water partition coefficient (Wildman–Crippen LogP) is 4.74. The third-order valence-corrected chi connectivity index (χ3v) is 3.21. The van der Waals surface area contributed by atoms with Crippen molar-refractivity contribution in [2.45, 2.75) is 19.9 Å². The minimum atomic E-state index is -0.660. The Morgan fingerprint density at radius 2 is 1.90 bits per heavy atom. The van der Waals surface area contributed by atoms with Gasteiger partial charge in [0, 0.05) is 11.6 Å². The van der Waals surface area contributed by atoms with E-state index in [0.29, 0.717) is 16.9 Å². The van der Waals surface area contributed by atoms with E-state index in [1.165, 1.54) is 24.3 Å². The Morgan fingerprint density at radius 1 is 1.20 bits per heavy atom. The molecule has 1 atom stereocenters. The fourth-order valence-electron chi connectivity index (χ4n) is 1.80. The smallest absolute Gasteiger partial charge is 0.184 e. The molecule has 0 aromatic heterocycles. The molecule has 0 spiro atoms. The summed E-state index contributed by atoms with van der Waals surface area (Å²) in [7, 11) is 0. The summed E-state index contributed by atoms with van der Waals surface area (Å²) in [6, 6.07) is 6.80. The first kappa shape index (κ1) is 14.8. The molecule has 0 unspecified atom stereocenters. The molecule has 5 heteroatoms. The Hall–Kier alpha value is -1.65. The molecule has 0 aliphatic heterocycles. The maximum absolute atomic E-state index is 13.8. The van der Waals surface area contributed by atoms with Gasteiger partial charge in [0.25, 0.3) is 0 Å². The van der Waals surface area contributed by atoms with Crippen LogP contribution in [0.5, 0.6) is 11.5 Å². The first-order chi connectivity index (χ1) is 9.40. The van der Waals surface area contributed by atoms with Gasteiger partial charge in [-0.25, -0.2) is 8.78 Å². The Bertz CT molecular complexity index is 644. The Morgan fingerprint density at radius 3 is 2.55 bits per heavy atom. The molecule has 0 saturated heterocycles. The van der Waals surface area contributed by atoms with E-state index in [1.54, 1.807) is 19.9 Å². The molecule has 0 bridgehead atoms. The molecule has 0 aliphatic carbocycles. The number of hydrogen-bond donors (Lipinski definition) is 1. The van der Waals surface area contributed by atoms with E-state index in [2.05, 4.69) is 0 Å². The summed E-state index contributed by atoms with van der Waals surface area (Å²) in [5.74, 6) is -0.742. The van der Waals surface area contributed by atoms with Crippen molar-refractivity contribution in [3.8, 4) is 11.5 Å². The van der Waals surface area contributed by atoms with E-state index in [-0.39, 0.29) is 16.6 Å². The van der Waals surface area contributed by atoms with E-state index in [4.69, 9.17) is 22.1 Å². The van der Waals surface area contributed by atoms with Crippen LogP contribution < -0.4 is 10.5 Å². The molecular weight excluding hydrogens is 284 g/mol. The van der Waals surface area contributed by atoms with Crippen molar-refractivity contribution in [2.75, 3.05) is 0 Å². The molecule has 2 aromatic carbocycles. The molecule has 106 valence electrons.